The van der Waals surface area contributed by atoms with E-state index in [9.17, 15) is 4.79 Å². The minimum Gasteiger partial charge on any atom is -0.369 e. The van der Waals surface area contributed by atoms with E-state index in [4.69, 9.17) is 5.73 Å². The van der Waals surface area contributed by atoms with E-state index in [0.717, 1.165) is 31.2 Å². The lowest BCUT2D eigenvalue weighted by Crippen LogP contribution is -2.38. The lowest BCUT2D eigenvalue weighted by atomic mass is 9.77. The van der Waals surface area contributed by atoms with Gasteiger partial charge in [-0.3, -0.25) is 4.79 Å². The van der Waals surface area contributed by atoms with Gasteiger partial charge in [0.2, 0.25) is 5.91 Å². The van der Waals surface area contributed by atoms with Crippen LogP contribution in [-0.4, -0.2) is 5.91 Å². The molecule has 1 atom stereocenters. The van der Waals surface area contributed by atoms with Gasteiger partial charge in [0.1, 0.15) is 0 Å². The van der Waals surface area contributed by atoms with E-state index in [1.165, 1.54) is 0 Å². The van der Waals surface area contributed by atoms with Crippen molar-refractivity contribution in [1.82, 2.24) is 0 Å². The maximum Gasteiger partial charge on any atom is 0.227 e. The van der Waals surface area contributed by atoms with E-state index in [1.807, 2.05) is 37.3 Å². The van der Waals surface area contributed by atoms with Gasteiger partial charge in [-0.15, -0.1) is 0 Å². The van der Waals surface area contributed by atoms with Crippen LogP contribution in [0.3, 0.4) is 0 Å². The predicted molar refractivity (Wildman–Crippen MR) is 67.1 cm³/mol. The summed E-state index contributed by atoms with van der Waals surface area (Å²) < 4.78 is 0. The number of rotatable bonds is 6. The van der Waals surface area contributed by atoms with Gasteiger partial charge in [-0.1, -0.05) is 56.5 Å². The van der Waals surface area contributed by atoms with Crippen molar-refractivity contribution in [3.8, 4) is 0 Å². The van der Waals surface area contributed by atoms with Gasteiger partial charge >= 0.3 is 0 Å². The lowest BCUT2D eigenvalue weighted by molar-refractivity contribution is -0.123. The molecule has 88 valence electrons. The molecule has 0 fully saturated rings. The van der Waals surface area contributed by atoms with Crippen molar-refractivity contribution in [2.45, 2.75) is 44.9 Å². The molecule has 1 aromatic rings. The van der Waals surface area contributed by atoms with Crippen molar-refractivity contribution in [3.63, 3.8) is 0 Å². The van der Waals surface area contributed by atoms with Crippen LogP contribution in [-0.2, 0) is 10.2 Å². The molecular formula is C14H21NO. The zero-order valence-electron chi connectivity index (χ0n) is 10.2. The van der Waals surface area contributed by atoms with E-state index < -0.39 is 5.41 Å². The standard InChI is InChI=1S/C14H21NO/c1-3-4-8-11-14(2,13(15)16)12-9-6-5-7-10-12/h5-7,9-10H,3-4,8,11H2,1-2H3,(H2,15,16). The number of nitrogens with two attached hydrogens (primary N) is 1. The van der Waals surface area contributed by atoms with Gasteiger partial charge in [-0.05, 0) is 18.9 Å². The van der Waals surface area contributed by atoms with Crippen LogP contribution in [0, 0.1) is 0 Å². The first-order chi connectivity index (χ1) is 7.61. The Balaban J connectivity index is 2.85. The molecule has 0 saturated carbocycles. The molecule has 0 heterocycles. The Kier molecular flexibility index (Phi) is 4.53. The molecule has 0 bridgehead atoms. The number of benzene rings is 1. The Morgan fingerprint density at radius 2 is 1.88 bits per heavy atom. The van der Waals surface area contributed by atoms with Crippen LogP contribution < -0.4 is 5.73 Å². The van der Waals surface area contributed by atoms with Gasteiger partial charge in [0.05, 0.1) is 5.41 Å². The van der Waals surface area contributed by atoms with E-state index in [0.29, 0.717) is 0 Å². The summed E-state index contributed by atoms with van der Waals surface area (Å²) in [7, 11) is 0. The highest BCUT2D eigenvalue weighted by Crippen LogP contribution is 2.29. The van der Waals surface area contributed by atoms with Crippen LogP contribution in [0.15, 0.2) is 30.3 Å². The third kappa shape index (κ3) is 2.84. The smallest absolute Gasteiger partial charge is 0.227 e. The molecule has 2 N–H and O–H groups in total. The minimum absolute atomic E-state index is 0.227. The van der Waals surface area contributed by atoms with Gasteiger partial charge in [0.25, 0.3) is 0 Å². The predicted octanol–water partition coefficient (Wildman–Crippen LogP) is 3.01. The number of primary amides is 1. The maximum absolute atomic E-state index is 11.6. The topological polar surface area (TPSA) is 43.1 Å². The summed E-state index contributed by atoms with van der Waals surface area (Å²) in [6.07, 6.45) is 4.18. The quantitative estimate of drug-likeness (QED) is 0.734. The van der Waals surface area contributed by atoms with E-state index in [2.05, 4.69) is 6.92 Å². The van der Waals surface area contributed by atoms with Gasteiger partial charge < -0.3 is 5.73 Å². The molecule has 0 aliphatic rings. The highest BCUT2D eigenvalue weighted by Gasteiger charge is 2.32. The number of carbonyl (C=O) groups excluding carboxylic acids is 1. The average molecular weight is 219 g/mol. The number of amides is 1. The molecule has 0 aromatic heterocycles. The van der Waals surface area contributed by atoms with Crippen LogP contribution in [0.25, 0.3) is 0 Å². The fourth-order valence-corrected chi connectivity index (χ4v) is 1.94. The summed E-state index contributed by atoms with van der Waals surface area (Å²) in [5.74, 6) is -0.227. The third-order valence-corrected chi connectivity index (χ3v) is 3.24. The van der Waals surface area contributed by atoms with Crippen LogP contribution in [0.2, 0.25) is 0 Å². The fraction of sp³-hybridized carbons (Fsp3) is 0.500. The Labute approximate surface area is 97.9 Å². The van der Waals surface area contributed by atoms with Gasteiger partial charge in [-0.25, -0.2) is 0 Å². The molecule has 0 radical (unpaired) electrons. The average Bonchev–Trinajstić information content (AvgIpc) is 2.30. The van der Waals surface area contributed by atoms with Crippen LogP contribution in [0.5, 0.6) is 0 Å². The van der Waals surface area contributed by atoms with Crippen molar-refractivity contribution >= 4 is 5.91 Å². The molecule has 2 heteroatoms. The summed E-state index contributed by atoms with van der Waals surface area (Å²) in [4.78, 5) is 11.6. The van der Waals surface area contributed by atoms with Crippen molar-refractivity contribution in [1.29, 1.82) is 0 Å². The highest BCUT2D eigenvalue weighted by atomic mass is 16.1. The summed E-state index contributed by atoms with van der Waals surface area (Å²) in [5, 5.41) is 0. The normalized spacial score (nSPS) is 14.4. The van der Waals surface area contributed by atoms with Crippen molar-refractivity contribution < 1.29 is 4.79 Å². The molecule has 0 aliphatic carbocycles. The summed E-state index contributed by atoms with van der Waals surface area (Å²) in [5.41, 5.74) is 6.06. The van der Waals surface area contributed by atoms with Crippen LogP contribution in [0.4, 0.5) is 0 Å². The second-order valence-corrected chi connectivity index (χ2v) is 4.52. The lowest BCUT2D eigenvalue weighted by Gasteiger charge is -2.26. The molecule has 1 unspecified atom stereocenters. The first-order valence-corrected chi connectivity index (χ1v) is 5.96. The molecule has 0 aliphatic heterocycles. The molecule has 1 aromatic carbocycles. The molecular weight excluding hydrogens is 198 g/mol. The first kappa shape index (κ1) is 12.8. The second kappa shape index (κ2) is 5.69. The van der Waals surface area contributed by atoms with Crippen molar-refractivity contribution in [2.24, 2.45) is 5.73 Å². The number of unbranched alkanes of at least 4 members (excludes halogenated alkanes) is 2. The van der Waals surface area contributed by atoms with E-state index in [-0.39, 0.29) is 5.91 Å². The Hall–Kier alpha value is -1.31. The number of hydrogen-bond acceptors (Lipinski definition) is 1. The summed E-state index contributed by atoms with van der Waals surface area (Å²) in [6.45, 7) is 4.10. The molecule has 1 rings (SSSR count). The van der Waals surface area contributed by atoms with Crippen LogP contribution in [0.1, 0.15) is 45.1 Å². The largest absolute Gasteiger partial charge is 0.369 e. The summed E-state index contributed by atoms with van der Waals surface area (Å²) >= 11 is 0. The SMILES string of the molecule is CCCCCC(C)(C(N)=O)c1ccccc1. The fourth-order valence-electron chi connectivity index (χ4n) is 1.94. The zero-order chi connectivity index (χ0) is 12.0. The van der Waals surface area contributed by atoms with E-state index in [1.54, 1.807) is 0 Å². The van der Waals surface area contributed by atoms with Crippen molar-refractivity contribution in [2.75, 3.05) is 0 Å². The highest BCUT2D eigenvalue weighted by molar-refractivity contribution is 5.86. The Morgan fingerprint density at radius 1 is 1.25 bits per heavy atom. The number of carbonyl (C=O) groups is 1. The van der Waals surface area contributed by atoms with Gasteiger partial charge in [-0.2, -0.15) is 0 Å². The van der Waals surface area contributed by atoms with Crippen molar-refractivity contribution in [3.05, 3.63) is 35.9 Å². The third-order valence-electron chi connectivity index (χ3n) is 3.24. The minimum atomic E-state index is -0.517. The van der Waals surface area contributed by atoms with E-state index >= 15 is 0 Å². The molecule has 0 spiro atoms. The summed E-state index contributed by atoms with van der Waals surface area (Å²) in [6, 6.07) is 9.83. The van der Waals surface area contributed by atoms with Gasteiger partial charge in [0, 0.05) is 0 Å². The monoisotopic (exact) mass is 219 g/mol. The maximum atomic E-state index is 11.6. The Morgan fingerprint density at radius 3 is 2.38 bits per heavy atom. The second-order valence-electron chi connectivity index (χ2n) is 4.52. The molecule has 1 amide bonds. The van der Waals surface area contributed by atoms with Gasteiger partial charge in [0.15, 0.2) is 0 Å². The zero-order valence-corrected chi connectivity index (χ0v) is 10.2. The Bertz CT molecular complexity index is 334. The van der Waals surface area contributed by atoms with Crippen LogP contribution >= 0.6 is 0 Å². The molecule has 0 saturated heterocycles. The number of hydrogen-bond donors (Lipinski definition) is 1. The molecule has 16 heavy (non-hydrogen) atoms. The molecule has 2 nitrogen and oxygen atoms in total. The first-order valence-electron chi connectivity index (χ1n) is 5.96.